The van der Waals surface area contributed by atoms with Gasteiger partial charge in [-0.2, -0.15) is 20.7 Å². The molecule has 3 aromatic rings. The third-order valence-electron chi connectivity index (χ3n) is 6.56. The molecule has 2 aromatic carbocycles. The highest BCUT2D eigenvalue weighted by Crippen LogP contribution is 2.22. The maximum Gasteiger partial charge on any atom is 0.240 e. The first-order valence-corrected chi connectivity index (χ1v) is 12.9. The molecule has 0 fully saturated rings. The van der Waals surface area contributed by atoms with Crippen LogP contribution in [0.4, 0.5) is 11.4 Å². The van der Waals surface area contributed by atoms with Crippen molar-refractivity contribution in [1.29, 1.82) is 10.5 Å². The first-order chi connectivity index (χ1) is 20.3. The molecule has 0 radical (unpaired) electrons. The predicted molar refractivity (Wildman–Crippen MR) is 151 cm³/mol. The Balaban J connectivity index is 1.29. The molecule has 3 heterocycles. The largest absolute Gasteiger partial charge is 0.323 e. The molecule has 4 N–H and O–H groups in total. The molecule has 2 aliphatic heterocycles. The molecule has 0 saturated heterocycles. The van der Waals surface area contributed by atoms with E-state index in [1.165, 1.54) is 0 Å². The van der Waals surface area contributed by atoms with Crippen molar-refractivity contribution in [3.63, 3.8) is 0 Å². The number of nitriles is 2. The molecule has 0 saturated carbocycles. The number of azo groups is 2. The number of nitrogens with zero attached hydrogens (tertiary/aromatic N) is 8. The average molecular weight is 561 g/mol. The number of amides is 2. The maximum absolute atomic E-state index is 11.5. The summed E-state index contributed by atoms with van der Waals surface area (Å²) in [7, 11) is 0. The van der Waals surface area contributed by atoms with Crippen LogP contribution in [0.2, 0.25) is 0 Å². The molecule has 5 rings (SSSR count). The van der Waals surface area contributed by atoms with Crippen LogP contribution in [0.3, 0.4) is 0 Å². The molecule has 2 aliphatic rings. The maximum atomic E-state index is 11.5. The number of nitrogens with one attached hydrogen (secondary N) is 4. The van der Waals surface area contributed by atoms with Crippen molar-refractivity contribution in [2.24, 2.45) is 42.5 Å². The Morgan fingerprint density at radius 1 is 0.714 bits per heavy atom. The highest BCUT2D eigenvalue weighted by molar-refractivity contribution is 6.06. The molecule has 14 nitrogen and oxygen atoms in total. The Bertz CT molecular complexity index is 1710. The van der Waals surface area contributed by atoms with E-state index in [9.17, 15) is 20.1 Å². The number of aromatic nitrogens is 2. The van der Waals surface area contributed by atoms with Crippen LogP contribution in [0.15, 0.2) is 79.2 Å². The first-order valence-electron chi connectivity index (χ1n) is 12.9. The number of H-pyrrole nitrogens is 2. The van der Waals surface area contributed by atoms with Crippen LogP contribution in [-0.4, -0.2) is 33.2 Å². The zero-order valence-electron chi connectivity index (χ0n) is 22.6. The summed E-state index contributed by atoms with van der Waals surface area (Å²) in [6, 6.07) is 18.2. The van der Waals surface area contributed by atoms with Crippen LogP contribution < -0.4 is 21.8 Å². The van der Waals surface area contributed by atoms with Gasteiger partial charge < -0.3 is 9.97 Å². The number of hydrazone groups is 2. The van der Waals surface area contributed by atoms with Gasteiger partial charge in [0, 0.05) is 24.7 Å². The van der Waals surface area contributed by atoms with Crippen LogP contribution >= 0.6 is 0 Å². The molecule has 0 bridgehead atoms. The number of benzene rings is 2. The van der Waals surface area contributed by atoms with Gasteiger partial charge in [0.15, 0.2) is 0 Å². The van der Waals surface area contributed by atoms with Crippen molar-refractivity contribution < 1.29 is 9.59 Å². The Kier molecular flexibility index (Phi) is 7.88. The van der Waals surface area contributed by atoms with E-state index in [4.69, 9.17) is 0 Å². The second-order valence-corrected chi connectivity index (χ2v) is 9.69. The van der Waals surface area contributed by atoms with Gasteiger partial charge in [0.25, 0.3) is 0 Å². The van der Waals surface area contributed by atoms with E-state index in [0.29, 0.717) is 24.2 Å². The number of hydrogen-bond donors (Lipinski definition) is 4. The Morgan fingerprint density at radius 2 is 1.10 bits per heavy atom. The summed E-state index contributed by atoms with van der Waals surface area (Å²) < 4.78 is 0. The minimum atomic E-state index is -0.112. The second kappa shape index (κ2) is 12.0. The molecular weight excluding hydrogens is 536 g/mol. The topological polar surface area (TPSA) is 212 Å². The summed E-state index contributed by atoms with van der Waals surface area (Å²) >= 11 is 0. The summed E-state index contributed by atoms with van der Waals surface area (Å²) in [5, 5.41) is 43.6. The van der Waals surface area contributed by atoms with Gasteiger partial charge in [-0.1, -0.05) is 38.1 Å². The molecule has 1 aromatic heterocycles. The van der Waals surface area contributed by atoms with Crippen molar-refractivity contribution in [1.82, 2.24) is 20.8 Å². The fourth-order valence-corrected chi connectivity index (χ4v) is 4.36. The molecule has 42 heavy (non-hydrogen) atoms. The molecule has 2 amide bonds. The molecular formula is C28H24N12O2. The fourth-order valence-electron chi connectivity index (χ4n) is 4.36. The SMILES string of the molecule is CC1CC(=O)NN=C1c1ccc(N=NC(C#N)=c2[nH]c(=C(C#N)N=Nc3ccc(C4=NNC(=O)CC4C)cc3)[nH]2)cc1. The number of carbonyl (C=O) groups excluding carboxylic acids is 2. The predicted octanol–water partition coefficient (Wildman–Crippen LogP) is 2.89. The molecule has 0 spiro atoms. The van der Waals surface area contributed by atoms with Crippen LogP contribution in [-0.2, 0) is 9.59 Å². The fraction of sp³-hybridized carbons (Fsp3) is 0.214. The highest BCUT2D eigenvalue weighted by atomic mass is 16.2. The summed E-state index contributed by atoms with van der Waals surface area (Å²) in [5.41, 5.74) is 9.81. The van der Waals surface area contributed by atoms with Gasteiger partial charge >= 0.3 is 0 Å². The monoisotopic (exact) mass is 560 g/mol. The van der Waals surface area contributed by atoms with Gasteiger partial charge in [-0.3, -0.25) is 9.59 Å². The zero-order chi connectivity index (χ0) is 29.6. The van der Waals surface area contributed by atoms with Crippen molar-refractivity contribution in [3.8, 4) is 12.1 Å². The van der Waals surface area contributed by atoms with Crippen molar-refractivity contribution in [2.45, 2.75) is 26.7 Å². The van der Waals surface area contributed by atoms with E-state index in [2.05, 4.69) is 51.5 Å². The van der Waals surface area contributed by atoms with Gasteiger partial charge in [0.1, 0.15) is 23.1 Å². The number of carbonyl (C=O) groups is 2. The summed E-state index contributed by atoms with van der Waals surface area (Å²) in [6.07, 6.45) is 0.743. The number of aromatic amines is 2. The molecule has 2 unspecified atom stereocenters. The second-order valence-electron chi connectivity index (χ2n) is 9.69. The van der Waals surface area contributed by atoms with Gasteiger partial charge in [-0.25, -0.2) is 10.9 Å². The van der Waals surface area contributed by atoms with Crippen LogP contribution in [0, 0.1) is 34.5 Å². The average Bonchev–Trinajstić information content (AvgIpc) is 2.96. The van der Waals surface area contributed by atoms with Gasteiger partial charge in [-0.05, 0) is 35.4 Å². The Hall–Kier alpha value is -6.02. The normalized spacial score (nSPS) is 18.6. The molecule has 2 atom stereocenters. The minimum Gasteiger partial charge on any atom is -0.323 e. The van der Waals surface area contributed by atoms with Crippen molar-refractivity contribution in [3.05, 3.63) is 70.6 Å². The standard InChI is InChI=1S/C28H24N12O2/c1-15-11-23(41)37-39-25(15)17-3-7-19(8-4-17)33-35-21(13-29)27-31-28(32-27)22(14-30)36-34-20-9-5-18(6-10-20)26-16(2)12-24(42)38-40-26/h3-10,15-16,31-32H,11-12H2,1-2H3,(H,37,41)(H,38,42). The molecule has 208 valence electrons. The van der Waals surface area contributed by atoms with Crippen molar-refractivity contribution in [2.75, 3.05) is 0 Å². The summed E-state index contributed by atoms with van der Waals surface area (Å²) in [4.78, 5) is 28.7. The van der Waals surface area contributed by atoms with Gasteiger partial charge in [0.2, 0.25) is 23.2 Å². The van der Waals surface area contributed by atoms with E-state index in [-0.39, 0.29) is 46.0 Å². The Labute approximate surface area is 239 Å². The molecule has 14 heteroatoms. The number of hydrogen-bond acceptors (Lipinski definition) is 10. The van der Waals surface area contributed by atoms with E-state index in [0.717, 1.165) is 22.6 Å². The lowest BCUT2D eigenvalue weighted by atomic mass is 9.94. The quantitative estimate of drug-likeness (QED) is 0.335. The van der Waals surface area contributed by atoms with Crippen LogP contribution in [0.25, 0.3) is 11.4 Å². The van der Waals surface area contributed by atoms with E-state index in [1.807, 2.05) is 50.3 Å². The van der Waals surface area contributed by atoms with Crippen LogP contribution in [0.5, 0.6) is 0 Å². The van der Waals surface area contributed by atoms with Gasteiger partial charge in [0.05, 0.1) is 22.8 Å². The molecule has 0 aliphatic carbocycles. The summed E-state index contributed by atoms with van der Waals surface area (Å²) in [5.74, 6) is -0.233. The lowest BCUT2D eigenvalue weighted by Crippen LogP contribution is -2.39. The Morgan fingerprint density at radius 3 is 1.43 bits per heavy atom. The first kappa shape index (κ1) is 27.5. The zero-order valence-corrected chi connectivity index (χ0v) is 22.6. The number of rotatable bonds is 6. The lowest BCUT2D eigenvalue weighted by Gasteiger charge is -2.19. The van der Waals surface area contributed by atoms with Crippen molar-refractivity contribution >= 4 is 46.0 Å². The highest BCUT2D eigenvalue weighted by Gasteiger charge is 2.22. The lowest BCUT2D eigenvalue weighted by molar-refractivity contribution is -0.122. The third-order valence-corrected chi connectivity index (χ3v) is 6.56. The van der Waals surface area contributed by atoms with E-state index < -0.39 is 0 Å². The minimum absolute atomic E-state index is 0.00468. The smallest absolute Gasteiger partial charge is 0.240 e. The van der Waals surface area contributed by atoms with E-state index >= 15 is 0 Å². The summed E-state index contributed by atoms with van der Waals surface area (Å²) in [6.45, 7) is 3.87. The van der Waals surface area contributed by atoms with E-state index in [1.54, 1.807) is 24.3 Å². The van der Waals surface area contributed by atoms with Gasteiger partial charge in [-0.15, -0.1) is 20.5 Å². The van der Waals surface area contributed by atoms with Crippen LogP contribution in [0.1, 0.15) is 37.8 Å². The third kappa shape index (κ3) is 6.08.